The highest BCUT2D eigenvalue weighted by atomic mass is 35.5. The number of halogens is 1. The fourth-order valence-corrected chi connectivity index (χ4v) is 1.99. The third-order valence-electron chi connectivity index (χ3n) is 1.40. The second kappa shape index (κ2) is 3.65. The van der Waals surface area contributed by atoms with Gasteiger partial charge in [-0.1, -0.05) is 18.5 Å². The number of nitrogens with one attached hydrogen (secondary N) is 2. The lowest BCUT2D eigenvalue weighted by Crippen LogP contribution is -2.43. The van der Waals surface area contributed by atoms with Crippen LogP contribution in [0.5, 0.6) is 0 Å². The maximum atomic E-state index is 10.9. The molecule has 3 nitrogen and oxygen atoms in total. The third kappa shape index (κ3) is 2.54. The van der Waals surface area contributed by atoms with E-state index in [-0.39, 0.29) is 5.91 Å². The molecule has 1 saturated heterocycles. The minimum Gasteiger partial charge on any atom is -0.328 e. The van der Waals surface area contributed by atoms with Crippen LogP contribution in [0.1, 0.15) is 13.3 Å². The molecule has 1 amide bonds. The Kier molecular flexibility index (Phi) is 3.04. The molecule has 1 heterocycles. The summed E-state index contributed by atoms with van der Waals surface area (Å²) in [4.78, 5) is 10.9. The van der Waals surface area contributed by atoms with E-state index in [1.165, 1.54) is 11.8 Å². The molecule has 1 atom stereocenters. The minimum atomic E-state index is -0.604. The molecule has 1 unspecified atom stereocenters. The molecule has 0 radical (unpaired) electrons. The van der Waals surface area contributed by atoms with Gasteiger partial charge in [-0.05, 0) is 0 Å². The number of carbonyl (C=O) groups excluding carboxylic acids is 1. The van der Waals surface area contributed by atoms with E-state index in [1.807, 2.05) is 6.92 Å². The van der Waals surface area contributed by atoms with Crippen molar-refractivity contribution in [3.63, 3.8) is 0 Å². The molecule has 1 rings (SSSR count). The molecule has 1 aliphatic heterocycles. The summed E-state index contributed by atoms with van der Waals surface area (Å²) in [7, 11) is 0. The number of hydrogen-bond donors (Lipinski definition) is 2. The predicted octanol–water partition coefficient (Wildman–Crippen LogP) is 0.699. The van der Waals surface area contributed by atoms with Gasteiger partial charge in [-0.3, -0.25) is 4.79 Å². The minimum absolute atomic E-state index is 0.00352. The Morgan fingerprint density at radius 1 is 1.91 bits per heavy atom. The standard InChI is InChI=1S/C6H11ClN2OS/c1-2-5(10)9-6(7)3-8-4-11-6/h8H,2-4H2,1H3,(H,9,10). The van der Waals surface area contributed by atoms with E-state index < -0.39 is 4.33 Å². The average Bonchev–Trinajstić information content (AvgIpc) is 2.36. The molecule has 1 fully saturated rings. The lowest BCUT2D eigenvalue weighted by atomic mass is 10.4. The van der Waals surface area contributed by atoms with Gasteiger partial charge in [-0.25, -0.2) is 0 Å². The van der Waals surface area contributed by atoms with Gasteiger partial charge in [0, 0.05) is 18.8 Å². The number of alkyl halides is 1. The summed E-state index contributed by atoms with van der Waals surface area (Å²) < 4.78 is -0.604. The Morgan fingerprint density at radius 2 is 2.64 bits per heavy atom. The van der Waals surface area contributed by atoms with Crippen LogP contribution in [0.2, 0.25) is 0 Å². The molecule has 0 aromatic carbocycles. The van der Waals surface area contributed by atoms with Gasteiger partial charge in [0.1, 0.15) is 0 Å². The Hall–Kier alpha value is 0.0700. The topological polar surface area (TPSA) is 41.1 Å². The lowest BCUT2D eigenvalue weighted by molar-refractivity contribution is -0.121. The number of hydrogen-bond acceptors (Lipinski definition) is 3. The zero-order valence-electron chi connectivity index (χ0n) is 6.32. The smallest absolute Gasteiger partial charge is 0.221 e. The van der Waals surface area contributed by atoms with Gasteiger partial charge in [-0.2, -0.15) is 0 Å². The van der Waals surface area contributed by atoms with E-state index in [0.717, 1.165) is 5.88 Å². The van der Waals surface area contributed by atoms with E-state index in [4.69, 9.17) is 11.6 Å². The van der Waals surface area contributed by atoms with Gasteiger partial charge in [0.15, 0.2) is 4.33 Å². The summed E-state index contributed by atoms with van der Waals surface area (Å²) in [6.07, 6.45) is 0.481. The molecule has 0 saturated carbocycles. The summed E-state index contributed by atoms with van der Waals surface area (Å²) in [6.45, 7) is 2.44. The molecular weight excluding hydrogens is 184 g/mol. The van der Waals surface area contributed by atoms with Gasteiger partial charge < -0.3 is 10.6 Å². The van der Waals surface area contributed by atoms with Crippen LogP contribution in [0.25, 0.3) is 0 Å². The lowest BCUT2D eigenvalue weighted by Gasteiger charge is -2.19. The molecule has 1 aliphatic rings. The highest BCUT2D eigenvalue weighted by molar-refractivity contribution is 8.02. The normalized spacial score (nSPS) is 30.4. The summed E-state index contributed by atoms with van der Waals surface area (Å²) in [6, 6.07) is 0. The Bertz CT molecular complexity index is 159. The summed E-state index contributed by atoms with van der Waals surface area (Å²) >= 11 is 7.52. The average molecular weight is 195 g/mol. The second-order valence-corrected chi connectivity index (χ2v) is 4.49. The molecule has 0 aromatic heterocycles. The summed E-state index contributed by atoms with van der Waals surface area (Å²) in [5.74, 6) is 0.796. The van der Waals surface area contributed by atoms with E-state index >= 15 is 0 Å². The fraction of sp³-hybridized carbons (Fsp3) is 0.833. The largest absolute Gasteiger partial charge is 0.328 e. The highest BCUT2D eigenvalue weighted by Crippen LogP contribution is 2.29. The van der Waals surface area contributed by atoms with Crippen LogP contribution in [0.3, 0.4) is 0 Å². The third-order valence-corrected chi connectivity index (χ3v) is 3.01. The van der Waals surface area contributed by atoms with Gasteiger partial charge in [0.2, 0.25) is 5.91 Å². The van der Waals surface area contributed by atoms with Crippen LogP contribution in [-0.4, -0.2) is 22.7 Å². The van der Waals surface area contributed by atoms with Gasteiger partial charge in [0.05, 0.1) is 0 Å². The predicted molar refractivity (Wildman–Crippen MR) is 47.5 cm³/mol. The molecule has 64 valence electrons. The molecule has 5 heteroatoms. The van der Waals surface area contributed by atoms with Crippen molar-refractivity contribution in [3.05, 3.63) is 0 Å². The van der Waals surface area contributed by atoms with E-state index in [9.17, 15) is 4.79 Å². The molecule has 0 aliphatic carbocycles. The van der Waals surface area contributed by atoms with Crippen LogP contribution in [-0.2, 0) is 4.79 Å². The Labute approximate surface area is 75.2 Å². The van der Waals surface area contributed by atoms with Crippen molar-refractivity contribution >= 4 is 29.3 Å². The van der Waals surface area contributed by atoms with Crippen LogP contribution < -0.4 is 10.6 Å². The number of amides is 1. The summed E-state index contributed by atoms with van der Waals surface area (Å²) in [5.41, 5.74) is 0. The van der Waals surface area contributed by atoms with Crippen LogP contribution in [0, 0.1) is 0 Å². The zero-order chi connectivity index (χ0) is 8.32. The first-order valence-electron chi connectivity index (χ1n) is 3.51. The van der Waals surface area contributed by atoms with Crippen molar-refractivity contribution in [2.75, 3.05) is 12.4 Å². The molecule has 0 spiro atoms. The van der Waals surface area contributed by atoms with E-state index in [2.05, 4.69) is 10.6 Å². The van der Waals surface area contributed by atoms with Crippen molar-refractivity contribution in [2.45, 2.75) is 17.7 Å². The molecule has 2 N–H and O–H groups in total. The maximum absolute atomic E-state index is 10.9. The van der Waals surface area contributed by atoms with Gasteiger partial charge in [0.25, 0.3) is 0 Å². The quantitative estimate of drug-likeness (QED) is 0.502. The molecule has 0 bridgehead atoms. The van der Waals surface area contributed by atoms with Crippen molar-refractivity contribution < 1.29 is 4.79 Å². The fourth-order valence-electron chi connectivity index (χ4n) is 0.805. The van der Waals surface area contributed by atoms with Gasteiger partial charge >= 0.3 is 0 Å². The monoisotopic (exact) mass is 194 g/mol. The number of carbonyl (C=O) groups is 1. The Morgan fingerprint density at radius 3 is 3.09 bits per heavy atom. The molecule has 0 aromatic rings. The van der Waals surface area contributed by atoms with Crippen molar-refractivity contribution in [1.82, 2.24) is 10.6 Å². The first kappa shape index (κ1) is 9.16. The van der Waals surface area contributed by atoms with Crippen molar-refractivity contribution in [3.8, 4) is 0 Å². The first-order valence-corrected chi connectivity index (χ1v) is 4.87. The molecular formula is C6H11ClN2OS. The van der Waals surface area contributed by atoms with E-state index in [0.29, 0.717) is 13.0 Å². The van der Waals surface area contributed by atoms with Crippen molar-refractivity contribution in [2.24, 2.45) is 0 Å². The number of rotatable bonds is 2. The summed E-state index contributed by atoms with van der Waals surface area (Å²) in [5, 5.41) is 5.79. The van der Waals surface area contributed by atoms with Crippen molar-refractivity contribution in [1.29, 1.82) is 0 Å². The second-order valence-electron chi connectivity index (χ2n) is 2.35. The number of thioether (sulfide) groups is 1. The SMILES string of the molecule is CCC(=O)NC1(Cl)CNCS1. The van der Waals surface area contributed by atoms with Gasteiger partial charge in [-0.15, -0.1) is 11.8 Å². The highest BCUT2D eigenvalue weighted by Gasteiger charge is 2.33. The maximum Gasteiger partial charge on any atom is 0.221 e. The van der Waals surface area contributed by atoms with E-state index in [1.54, 1.807) is 0 Å². The first-order chi connectivity index (χ1) is 5.16. The molecule has 11 heavy (non-hydrogen) atoms. The Balaban J connectivity index is 2.39. The van der Waals surface area contributed by atoms with Crippen LogP contribution in [0.15, 0.2) is 0 Å². The van der Waals surface area contributed by atoms with Crippen LogP contribution >= 0.6 is 23.4 Å². The zero-order valence-corrected chi connectivity index (χ0v) is 7.89. The van der Waals surface area contributed by atoms with Crippen LogP contribution in [0.4, 0.5) is 0 Å².